The number of carbonyl (C=O) groups is 1. The van der Waals surface area contributed by atoms with E-state index in [0.717, 1.165) is 76.3 Å². The molecule has 0 aromatic heterocycles. The summed E-state index contributed by atoms with van der Waals surface area (Å²) in [5, 5.41) is 2.45. The van der Waals surface area contributed by atoms with E-state index < -0.39 is 0 Å². The van der Waals surface area contributed by atoms with E-state index in [9.17, 15) is 4.79 Å². The summed E-state index contributed by atoms with van der Waals surface area (Å²) < 4.78 is 6.80. The standard InChI is InChI=1S/C39H56N2O2/c1-9-29(10-2)30-19-21-33-35(26-30)43-36-27-31(41(13-5)14-6)20-22-34(36)37(33)39(8)24-16-15-23-38(39,7)28-32(42)18-17-25-40(11-3)12-4/h15-16,19-22,26-27H,9-14,17-18,23-25,28H2,1-8H3. The van der Waals surface area contributed by atoms with Gasteiger partial charge in [0.1, 0.15) is 17.3 Å². The number of ketones is 1. The third-order valence-electron chi connectivity index (χ3n) is 10.7. The molecular formula is C39H56N2O2. The first-order valence-electron chi connectivity index (χ1n) is 17.0. The molecule has 0 amide bonds. The van der Waals surface area contributed by atoms with Gasteiger partial charge in [0.25, 0.3) is 0 Å². The molecule has 4 rings (SSSR count). The van der Waals surface area contributed by atoms with Crippen LogP contribution in [0.3, 0.4) is 0 Å². The van der Waals surface area contributed by atoms with Crippen molar-refractivity contribution in [2.45, 2.75) is 100 Å². The Morgan fingerprint density at radius 1 is 0.837 bits per heavy atom. The second kappa shape index (κ2) is 14.3. The van der Waals surface area contributed by atoms with Crippen molar-refractivity contribution in [1.29, 1.82) is 0 Å². The van der Waals surface area contributed by atoms with Crippen LogP contribution in [0.2, 0.25) is 0 Å². The maximum Gasteiger partial charge on any atom is 0.137 e. The minimum Gasteiger partial charge on any atom is -0.456 e. The molecule has 2 aliphatic rings. The highest BCUT2D eigenvalue weighted by atomic mass is 16.5. The summed E-state index contributed by atoms with van der Waals surface area (Å²) in [6.45, 7) is 23.0. The van der Waals surface area contributed by atoms with Crippen LogP contribution in [0, 0.1) is 10.8 Å². The second-order valence-electron chi connectivity index (χ2n) is 13.0. The van der Waals surface area contributed by atoms with Gasteiger partial charge < -0.3 is 14.5 Å². The van der Waals surface area contributed by atoms with Gasteiger partial charge in [-0.25, -0.2) is 0 Å². The van der Waals surface area contributed by atoms with Crippen LogP contribution in [-0.4, -0.2) is 43.4 Å². The third kappa shape index (κ3) is 6.65. The van der Waals surface area contributed by atoms with Gasteiger partial charge in [0.2, 0.25) is 0 Å². The van der Waals surface area contributed by atoms with Crippen LogP contribution in [0.15, 0.2) is 48.6 Å². The van der Waals surface area contributed by atoms with Gasteiger partial charge in [-0.3, -0.25) is 4.79 Å². The molecule has 2 aromatic rings. The van der Waals surface area contributed by atoms with Gasteiger partial charge in [-0.1, -0.05) is 71.4 Å². The number of Topliss-reactive ketones (excluding diaryl/α,β-unsaturated/α-hetero) is 1. The monoisotopic (exact) mass is 584 g/mol. The van der Waals surface area contributed by atoms with Crippen LogP contribution in [-0.2, 0) is 4.79 Å². The van der Waals surface area contributed by atoms with Crippen molar-refractivity contribution in [2.75, 3.05) is 37.6 Å². The van der Waals surface area contributed by atoms with Gasteiger partial charge in [0.15, 0.2) is 0 Å². The zero-order chi connectivity index (χ0) is 31.2. The van der Waals surface area contributed by atoms with Crippen molar-refractivity contribution >= 4 is 22.6 Å². The Labute approximate surface area is 261 Å². The molecule has 0 radical (unpaired) electrons. The van der Waals surface area contributed by atoms with E-state index in [1.807, 2.05) is 0 Å². The molecule has 0 N–H and O–H groups in total. The van der Waals surface area contributed by atoms with Crippen LogP contribution in [0.1, 0.15) is 106 Å². The Bertz CT molecular complexity index is 1430. The van der Waals surface area contributed by atoms with Gasteiger partial charge in [-0.05, 0) is 100.0 Å². The zero-order valence-electron chi connectivity index (χ0n) is 28.3. The number of hydrogen-bond acceptors (Lipinski definition) is 4. The number of nitrogens with zero attached hydrogens (tertiary/aromatic N) is 2. The van der Waals surface area contributed by atoms with Crippen LogP contribution < -0.4 is 20.1 Å². The summed E-state index contributed by atoms with van der Waals surface area (Å²) in [6, 6.07) is 13.6. The smallest absolute Gasteiger partial charge is 0.137 e. The predicted octanol–water partition coefficient (Wildman–Crippen LogP) is 8.25. The average Bonchev–Trinajstić information content (AvgIpc) is 3.00. The lowest BCUT2D eigenvalue weighted by atomic mass is 9.53. The number of benzene rings is 2. The maximum absolute atomic E-state index is 13.6. The van der Waals surface area contributed by atoms with E-state index in [0.29, 0.717) is 18.6 Å². The number of fused-ring (bicyclic) bond motifs is 2. The first-order valence-corrected chi connectivity index (χ1v) is 17.0. The molecule has 0 bridgehead atoms. The highest BCUT2D eigenvalue weighted by molar-refractivity contribution is 5.83. The van der Waals surface area contributed by atoms with Crippen molar-refractivity contribution in [3.8, 4) is 11.5 Å². The average molecular weight is 585 g/mol. The summed E-state index contributed by atoms with van der Waals surface area (Å²) in [5.74, 6) is 2.27. The summed E-state index contributed by atoms with van der Waals surface area (Å²) in [5.41, 5.74) is 4.71. The maximum atomic E-state index is 13.6. The Morgan fingerprint density at radius 3 is 2.19 bits per heavy atom. The molecule has 0 saturated heterocycles. The second-order valence-corrected chi connectivity index (χ2v) is 13.0. The molecule has 4 heteroatoms. The van der Waals surface area contributed by atoms with E-state index in [1.165, 1.54) is 32.8 Å². The van der Waals surface area contributed by atoms with Crippen LogP contribution in [0.5, 0.6) is 11.5 Å². The van der Waals surface area contributed by atoms with Gasteiger partial charge in [0.05, 0.1) is 0 Å². The third-order valence-corrected chi connectivity index (χ3v) is 10.7. The Kier molecular flexibility index (Phi) is 11.0. The minimum atomic E-state index is -0.232. The van der Waals surface area contributed by atoms with Crippen molar-refractivity contribution < 1.29 is 9.53 Å². The Balaban J connectivity index is 1.85. The van der Waals surface area contributed by atoms with Crippen LogP contribution >= 0.6 is 0 Å². The fraction of sp³-hybridized carbons (Fsp3) is 0.564. The number of rotatable bonds is 14. The quantitative estimate of drug-likeness (QED) is 0.209. The van der Waals surface area contributed by atoms with Crippen LogP contribution in [0.25, 0.3) is 11.1 Å². The number of hydrogen-bond donors (Lipinski definition) is 0. The summed E-state index contributed by atoms with van der Waals surface area (Å²) >= 11 is 0. The molecular weight excluding hydrogens is 528 g/mol. The molecule has 2 aromatic carbocycles. The fourth-order valence-electron chi connectivity index (χ4n) is 7.51. The molecule has 0 spiro atoms. The predicted molar refractivity (Wildman–Crippen MR) is 184 cm³/mol. The molecule has 4 nitrogen and oxygen atoms in total. The first kappa shape index (κ1) is 33.1. The van der Waals surface area contributed by atoms with Gasteiger partial charge in [-0.2, -0.15) is 0 Å². The summed E-state index contributed by atoms with van der Waals surface area (Å²) in [7, 11) is 0. The van der Waals surface area contributed by atoms with E-state index in [-0.39, 0.29) is 10.8 Å². The van der Waals surface area contributed by atoms with Crippen molar-refractivity contribution in [1.82, 2.24) is 4.90 Å². The van der Waals surface area contributed by atoms with Gasteiger partial charge in [0, 0.05) is 53.9 Å². The highest BCUT2D eigenvalue weighted by Gasteiger charge is 2.49. The molecule has 0 saturated carbocycles. The lowest BCUT2D eigenvalue weighted by molar-refractivity contribution is -0.122. The summed E-state index contributed by atoms with van der Waals surface area (Å²) in [6.07, 6.45) is 10.7. The van der Waals surface area contributed by atoms with Crippen LogP contribution in [0.4, 0.5) is 5.69 Å². The molecule has 1 aliphatic carbocycles. The van der Waals surface area contributed by atoms with E-state index >= 15 is 0 Å². The molecule has 1 heterocycles. The lowest BCUT2D eigenvalue weighted by Gasteiger charge is -2.50. The molecule has 0 fully saturated rings. The van der Waals surface area contributed by atoms with Crippen molar-refractivity contribution in [3.63, 3.8) is 0 Å². The summed E-state index contributed by atoms with van der Waals surface area (Å²) in [4.78, 5) is 18.4. The normalized spacial score (nSPS) is 20.9. The van der Waals surface area contributed by atoms with E-state index in [2.05, 4.69) is 114 Å². The topological polar surface area (TPSA) is 32.8 Å². The SMILES string of the molecule is CCC(CC)=c1ccc2c(c1)Oc1cc(N(CC)CC)ccc1C=2C1(C)CC=CCC1(C)CC(=O)CCCN(CC)CC. The van der Waals surface area contributed by atoms with E-state index in [1.54, 1.807) is 0 Å². The molecule has 2 unspecified atom stereocenters. The molecule has 234 valence electrons. The Morgan fingerprint density at radius 2 is 1.53 bits per heavy atom. The number of ether oxygens (including phenoxy) is 1. The number of carbonyl (C=O) groups excluding carboxylic acids is 1. The fourth-order valence-corrected chi connectivity index (χ4v) is 7.51. The highest BCUT2D eigenvalue weighted by Crippen LogP contribution is 2.58. The molecule has 43 heavy (non-hydrogen) atoms. The number of allylic oxidation sites excluding steroid dienone is 2. The van der Waals surface area contributed by atoms with Gasteiger partial charge >= 0.3 is 0 Å². The number of anilines is 1. The first-order chi connectivity index (χ1) is 20.7. The molecule has 2 atom stereocenters. The lowest BCUT2D eigenvalue weighted by Crippen LogP contribution is -2.44. The van der Waals surface area contributed by atoms with E-state index in [4.69, 9.17) is 4.74 Å². The van der Waals surface area contributed by atoms with Gasteiger partial charge in [-0.15, -0.1) is 0 Å². The largest absolute Gasteiger partial charge is 0.456 e. The van der Waals surface area contributed by atoms with Crippen molar-refractivity contribution in [3.05, 3.63) is 64.6 Å². The molecule has 1 aliphatic heterocycles. The zero-order valence-corrected chi connectivity index (χ0v) is 28.3. The van der Waals surface area contributed by atoms with Crippen molar-refractivity contribution in [2.24, 2.45) is 10.8 Å². The Hall–Kier alpha value is -2.85. The minimum absolute atomic E-state index is 0.199.